The normalized spacial score (nSPS) is 11.8. The summed E-state index contributed by atoms with van der Waals surface area (Å²) in [5.74, 6) is -1.19. The predicted octanol–water partition coefficient (Wildman–Crippen LogP) is 2.93. The van der Waals surface area contributed by atoms with Gasteiger partial charge in [0.05, 0.1) is 5.69 Å². The number of carbonyl (C=O) groups excluding carboxylic acids is 2. The molecule has 1 aromatic heterocycles. The zero-order chi connectivity index (χ0) is 15.4. The summed E-state index contributed by atoms with van der Waals surface area (Å²) >= 11 is 3.30. The van der Waals surface area contributed by atoms with E-state index < -0.39 is 18.0 Å². The van der Waals surface area contributed by atoms with Crippen molar-refractivity contribution in [2.45, 2.75) is 20.0 Å². The van der Waals surface area contributed by atoms with Gasteiger partial charge in [0.15, 0.2) is 6.10 Å². The van der Waals surface area contributed by atoms with Crippen molar-refractivity contribution < 1.29 is 18.8 Å². The van der Waals surface area contributed by atoms with Gasteiger partial charge in [-0.05, 0) is 38.1 Å². The van der Waals surface area contributed by atoms with Crippen LogP contribution in [0.4, 0.5) is 5.69 Å². The van der Waals surface area contributed by atoms with E-state index in [4.69, 9.17) is 9.26 Å². The van der Waals surface area contributed by atoms with Crippen molar-refractivity contribution in [3.8, 4) is 0 Å². The molecular weight excluding hydrogens is 340 g/mol. The molecule has 0 saturated carbocycles. The van der Waals surface area contributed by atoms with Crippen molar-refractivity contribution in [1.29, 1.82) is 0 Å². The fraction of sp³-hybridized carbons (Fsp3) is 0.214. The number of aryl methyl sites for hydroxylation is 1. The quantitative estimate of drug-likeness (QED) is 0.855. The maximum absolute atomic E-state index is 11.9. The molecule has 0 aliphatic rings. The van der Waals surface area contributed by atoms with Gasteiger partial charge < -0.3 is 14.6 Å². The first-order valence-corrected chi connectivity index (χ1v) is 6.96. The van der Waals surface area contributed by atoms with Gasteiger partial charge in [0.25, 0.3) is 5.91 Å². The van der Waals surface area contributed by atoms with E-state index in [9.17, 15) is 9.59 Å². The van der Waals surface area contributed by atoms with E-state index in [1.165, 1.54) is 13.0 Å². The van der Waals surface area contributed by atoms with Crippen LogP contribution in [0.5, 0.6) is 0 Å². The van der Waals surface area contributed by atoms with Crippen molar-refractivity contribution in [3.05, 3.63) is 46.3 Å². The maximum Gasteiger partial charge on any atom is 0.377 e. The van der Waals surface area contributed by atoms with E-state index in [-0.39, 0.29) is 5.76 Å². The van der Waals surface area contributed by atoms with Gasteiger partial charge in [0.1, 0.15) is 0 Å². The smallest absolute Gasteiger partial charge is 0.377 e. The Morgan fingerprint density at radius 2 is 2.00 bits per heavy atom. The molecule has 6 nitrogen and oxygen atoms in total. The third-order valence-corrected chi connectivity index (χ3v) is 3.12. The van der Waals surface area contributed by atoms with Crippen LogP contribution >= 0.6 is 15.9 Å². The van der Waals surface area contributed by atoms with E-state index in [1.807, 2.05) is 0 Å². The Hall–Kier alpha value is -2.15. The monoisotopic (exact) mass is 352 g/mol. The van der Waals surface area contributed by atoms with Crippen molar-refractivity contribution in [3.63, 3.8) is 0 Å². The van der Waals surface area contributed by atoms with Gasteiger partial charge in [-0.2, -0.15) is 0 Å². The maximum atomic E-state index is 11.9. The lowest BCUT2D eigenvalue weighted by molar-refractivity contribution is -0.123. The number of aromatic nitrogens is 1. The molecular formula is C14H13BrN2O4. The zero-order valence-corrected chi connectivity index (χ0v) is 13.0. The second-order valence-corrected chi connectivity index (χ2v) is 5.29. The molecule has 1 N–H and O–H groups in total. The second kappa shape index (κ2) is 6.53. The van der Waals surface area contributed by atoms with Gasteiger partial charge in [0.2, 0.25) is 5.76 Å². The summed E-state index contributed by atoms with van der Waals surface area (Å²) in [6, 6.07) is 8.50. The van der Waals surface area contributed by atoms with Crippen LogP contribution < -0.4 is 5.32 Å². The molecule has 1 heterocycles. The molecule has 1 amide bonds. The van der Waals surface area contributed by atoms with Gasteiger partial charge in [-0.15, -0.1) is 0 Å². The highest BCUT2D eigenvalue weighted by molar-refractivity contribution is 9.10. The Bertz CT molecular complexity index is 651. The van der Waals surface area contributed by atoms with Gasteiger partial charge in [-0.25, -0.2) is 4.79 Å². The number of anilines is 1. The molecule has 7 heteroatoms. The lowest BCUT2D eigenvalue weighted by Gasteiger charge is -2.12. The summed E-state index contributed by atoms with van der Waals surface area (Å²) in [5, 5.41) is 6.23. The first-order chi connectivity index (χ1) is 9.95. The minimum atomic E-state index is -0.952. The average molecular weight is 353 g/mol. The van der Waals surface area contributed by atoms with Gasteiger partial charge in [-0.3, -0.25) is 4.79 Å². The highest BCUT2D eigenvalue weighted by atomic mass is 79.9. The minimum absolute atomic E-state index is 0.0317. The van der Waals surface area contributed by atoms with Crippen LogP contribution in [0.3, 0.4) is 0 Å². The molecule has 2 aromatic rings. The molecule has 21 heavy (non-hydrogen) atoms. The van der Waals surface area contributed by atoms with E-state index in [1.54, 1.807) is 31.2 Å². The molecule has 0 saturated heterocycles. The lowest BCUT2D eigenvalue weighted by atomic mass is 10.3. The largest absolute Gasteiger partial charge is 0.447 e. The number of esters is 1. The predicted molar refractivity (Wildman–Crippen MR) is 78.9 cm³/mol. The van der Waals surface area contributed by atoms with Crippen LogP contribution in [0.25, 0.3) is 0 Å². The second-order valence-electron chi connectivity index (χ2n) is 4.38. The number of carbonyl (C=O) groups is 2. The number of nitrogens with one attached hydrogen (secondary N) is 1. The molecule has 0 unspecified atom stereocenters. The van der Waals surface area contributed by atoms with Crippen LogP contribution in [-0.4, -0.2) is 23.1 Å². The number of nitrogens with zero attached hydrogens (tertiary/aromatic N) is 1. The van der Waals surface area contributed by atoms with Gasteiger partial charge in [0, 0.05) is 16.2 Å². The summed E-state index contributed by atoms with van der Waals surface area (Å²) in [5.41, 5.74) is 1.18. The molecule has 110 valence electrons. The zero-order valence-electron chi connectivity index (χ0n) is 11.4. The molecule has 0 radical (unpaired) electrons. The van der Waals surface area contributed by atoms with Crippen LogP contribution in [0.15, 0.2) is 39.3 Å². The topological polar surface area (TPSA) is 81.4 Å². The fourth-order valence-electron chi connectivity index (χ4n) is 1.51. The minimum Gasteiger partial charge on any atom is -0.447 e. The highest BCUT2D eigenvalue weighted by Crippen LogP contribution is 2.15. The molecule has 2 rings (SSSR count). The van der Waals surface area contributed by atoms with Crippen molar-refractivity contribution in [1.82, 2.24) is 5.16 Å². The highest BCUT2D eigenvalue weighted by Gasteiger charge is 2.21. The lowest BCUT2D eigenvalue weighted by Crippen LogP contribution is -2.29. The number of halogens is 1. The summed E-state index contributed by atoms with van der Waals surface area (Å²) in [6.45, 7) is 3.17. The van der Waals surface area contributed by atoms with Crippen molar-refractivity contribution in [2.24, 2.45) is 0 Å². The number of benzene rings is 1. The molecule has 0 fully saturated rings. The van der Waals surface area contributed by atoms with Crippen LogP contribution in [-0.2, 0) is 9.53 Å². The van der Waals surface area contributed by atoms with E-state index in [0.717, 1.165) is 4.47 Å². The fourth-order valence-corrected chi connectivity index (χ4v) is 1.77. The average Bonchev–Trinajstić information content (AvgIpc) is 2.88. The first kappa shape index (κ1) is 15.2. The van der Waals surface area contributed by atoms with Crippen molar-refractivity contribution in [2.75, 3.05) is 5.32 Å². The summed E-state index contributed by atoms with van der Waals surface area (Å²) < 4.78 is 10.7. The molecule has 0 bridgehead atoms. The van der Waals surface area contributed by atoms with Crippen LogP contribution in [0, 0.1) is 6.92 Å². The Labute approximate surface area is 129 Å². The molecule has 1 aromatic carbocycles. The van der Waals surface area contributed by atoms with Crippen LogP contribution in [0.1, 0.15) is 23.2 Å². The standard InChI is InChI=1S/C14H13BrN2O4/c1-8-7-12(21-17-8)14(19)20-9(2)13(18)16-11-5-3-10(15)4-6-11/h3-7,9H,1-2H3,(H,16,18)/t9-/m0/s1. The third kappa shape index (κ3) is 4.16. The van der Waals surface area contributed by atoms with E-state index in [2.05, 4.69) is 26.4 Å². The summed E-state index contributed by atoms with van der Waals surface area (Å²) in [7, 11) is 0. The number of amides is 1. The Kier molecular flexibility index (Phi) is 4.74. The molecule has 0 aliphatic carbocycles. The molecule has 1 atom stereocenters. The molecule has 0 spiro atoms. The van der Waals surface area contributed by atoms with Crippen LogP contribution in [0.2, 0.25) is 0 Å². The number of ether oxygens (including phenoxy) is 1. The van der Waals surface area contributed by atoms with Crippen molar-refractivity contribution >= 4 is 33.5 Å². The summed E-state index contributed by atoms with van der Waals surface area (Å²) in [6.07, 6.45) is -0.952. The Balaban J connectivity index is 1.93. The number of hydrogen-bond acceptors (Lipinski definition) is 5. The van der Waals surface area contributed by atoms with Gasteiger partial charge >= 0.3 is 5.97 Å². The Morgan fingerprint density at radius 1 is 1.33 bits per heavy atom. The number of hydrogen-bond donors (Lipinski definition) is 1. The number of rotatable bonds is 4. The van der Waals surface area contributed by atoms with E-state index in [0.29, 0.717) is 11.4 Å². The van der Waals surface area contributed by atoms with Gasteiger partial charge in [-0.1, -0.05) is 21.1 Å². The Morgan fingerprint density at radius 3 is 2.57 bits per heavy atom. The van der Waals surface area contributed by atoms with E-state index >= 15 is 0 Å². The summed E-state index contributed by atoms with van der Waals surface area (Å²) in [4.78, 5) is 23.7. The SMILES string of the molecule is Cc1cc(C(=O)O[C@@H](C)C(=O)Nc2ccc(Br)cc2)on1. The molecule has 0 aliphatic heterocycles. The first-order valence-electron chi connectivity index (χ1n) is 6.16. The third-order valence-electron chi connectivity index (χ3n) is 2.59.